The Morgan fingerprint density at radius 3 is 2.38 bits per heavy atom. The highest BCUT2D eigenvalue weighted by Crippen LogP contribution is 2.21. The van der Waals surface area contributed by atoms with Crippen molar-refractivity contribution in [1.29, 1.82) is 0 Å². The van der Waals surface area contributed by atoms with Crippen LogP contribution in [0.1, 0.15) is 32.4 Å². The molecule has 2 nitrogen and oxygen atoms in total. The van der Waals surface area contributed by atoms with Crippen molar-refractivity contribution in [2.24, 2.45) is 5.73 Å². The van der Waals surface area contributed by atoms with Gasteiger partial charge in [0.25, 0.3) is 0 Å². The van der Waals surface area contributed by atoms with Gasteiger partial charge in [-0.15, -0.1) is 11.8 Å². The molecule has 0 amide bonds. The first-order valence-corrected chi connectivity index (χ1v) is 5.35. The SMILES string of the molecule is CC(C)Sc1ccc([C@@H](C)N)cn1. The van der Waals surface area contributed by atoms with Gasteiger partial charge in [0.15, 0.2) is 0 Å². The molecule has 0 aliphatic carbocycles. The first-order valence-electron chi connectivity index (χ1n) is 4.48. The fraction of sp³-hybridized carbons (Fsp3) is 0.500. The fourth-order valence-electron chi connectivity index (χ4n) is 0.972. The van der Waals surface area contributed by atoms with Crippen molar-refractivity contribution in [3.05, 3.63) is 23.9 Å². The van der Waals surface area contributed by atoms with Crippen molar-refractivity contribution in [3.8, 4) is 0 Å². The second-order valence-corrected chi connectivity index (χ2v) is 4.98. The van der Waals surface area contributed by atoms with E-state index in [2.05, 4.69) is 18.8 Å². The molecule has 3 heteroatoms. The van der Waals surface area contributed by atoms with Crippen molar-refractivity contribution in [1.82, 2.24) is 4.98 Å². The van der Waals surface area contributed by atoms with Gasteiger partial charge in [0.1, 0.15) is 0 Å². The molecule has 0 saturated carbocycles. The van der Waals surface area contributed by atoms with Crippen molar-refractivity contribution >= 4 is 11.8 Å². The Hall–Kier alpha value is -0.540. The molecular formula is C10H16N2S. The van der Waals surface area contributed by atoms with E-state index in [0.717, 1.165) is 10.6 Å². The van der Waals surface area contributed by atoms with Crippen LogP contribution in [0.15, 0.2) is 23.4 Å². The van der Waals surface area contributed by atoms with E-state index in [-0.39, 0.29) is 6.04 Å². The second-order valence-electron chi connectivity index (χ2n) is 3.39. The molecular weight excluding hydrogens is 180 g/mol. The molecule has 2 N–H and O–H groups in total. The average molecular weight is 196 g/mol. The fourth-order valence-corrected chi connectivity index (χ4v) is 1.72. The summed E-state index contributed by atoms with van der Waals surface area (Å²) in [5.74, 6) is 0. The molecule has 0 radical (unpaired) electrons. The Morgan fingerprint density at radius 1 is 1.31 bits per heavy atom. The van der Waals surface area contributed by atoms with E-state index in [4.69, 9.17) is 5.73 Å². The molecule has 13 heavy (non-hydrogen) atoms. The molecule has 0 unspecified atom stereocenters. The first-order chi connectivity index (χ1) is 6.09. The van der Waals surface area contributed by atoms with Gasteiger partial charge in [0.2, 0.25) is 0 Å². The van der Waals surface area contributed by atoms with Gasteiger partial charge in [-0.05, 0) is 18.6 Å². The topological polar surface area (TPSA) is 38.9 Å². The van der Waals surface area contributed by atoms with E-state index in [9.17, 15) is 0 Å². The number of nitrogens with zero attached hydrogens (tertiary/aromatic N) is 1. The molecule has 0 aliphatic rings. The van der Waals surface area contributed by atoms with Gasteiger partial charge in [0.05, 0.1) is 5.03 Å². The summed E-state index contributed by atoms with van der Waals surface area (Å²) in [7, 11) is 0. The third-order valence-electron chi connectivity index (χ3n) is 1.64. The van der Waals surface area contributed by atoms with Crippen LogP contribution >= 0.6 is 11.8 Å². The molecule has 1 atom stereocenters. The summed E-state index contributed by atoms with van der Waals surface area (Å²) in [6, 6.07) is 4.15. The van der Waals surface area contributed by atoms with E-state index in [0.29, 0.717) is 5.25 Å². The maximum Gasteiger partial charge on any atom is 0.0962 e. The van der Waals surface area contributed by atoms with Crippen LogP contribution in [0.4, 0.5) is 0 Å². The van der Waals surface area contributed by atoms with Gasteiger partial charge >= 0.3 is 0 Å². The zero-order valence-corrected chi connectivity index (χ0v) is 9.14. The molecule has 1 aromatic rings. The third kappa shape index (κ3) is 3.36. The zero-order chi connectivity index (χ0) is 9.84. The molecule has 0 fully saturated rings. The summed E-state index contributed by atoms with van der Waals surface area (Å²) in [6.07, 6.45) is 1.86. The highest BCUT2D eigenvalue weighted by atomic mass is 32.2. The molecule has 1 heterocycles. The molecule has 0 spiro atoms. The minimum atomic E-state index is 0.0746. The monoisotopic (exact) mass is 196 g/mol. The van der Waals surface area contributed by atoms with Gasteiger partial charge in [-0.3, -0.25) is 0 Å². The van der Waals surface area contributed by atoms with Crippen LogP contribution in [0.25, 0.3) is 0 Å². The van der Waals surface area contributed by atoms with Gasteiger partial charge in [-0.2, -0.15) is 0 Å². The van der Waals surface area contributed by atoms with Crippen LogP contribution in [-0.2, 0) is 0 Å². The van der Waals surface area contributed by atoms with Gasteiger partial charge in [0, 0.05) is 17.5 Å². The van der Waals surface area contributed by atoms with Crippen LogP contribution in [0.3, 0.4) is 0 Å². The molecule has 0 aliphatic heterocycles. The van der Waals surface area contributed by atoms with Crippen LogP contribution in [0, 0.1) is 0 Å². The third-order valence-corrected chi connectivity index (χ3v) is 2.60. The summed E-state index contributed by atoms with van der Waals surface area (Å²) in [5, 5.41) is 1.65. The Morgan fingerprint density at radius 2 is 2.00 bits per heavy atom. The van der Waals surface area contributed by atoms with Crippen molar-refractivity contribution in [3.63, 3.8) is 0 Å². The summed E-state index contributed by atoms with van der Waals surface area (Å²) in [6.45, 7) is 6.28. The largest absolute Gasteiger partial charge is 0.324 e. The second kappa shape index (κ2) is 4.63. The summed E-state index contributed by atoms with van der Waals surface area (Å²) >= 11 is 1.77. The summed E-state index contributed by atoms with van der Waals surface area (Å²) in [5.41, 5.74) is 6.81. The Kier molecular flexibility index (Phi) is 3.75. The lowest BCUT2D eigenvalue weighted by molar-refractivity contribution is 0.806. The summed E-state index contributed by atoms with van der Waals surface area (Å²) < 4.78 is 0. The Labute approximate surface area is 83.9 Å². The van der Waals surface area contributed by atoms with E-state index in [1.807, 2.05) is 25.3 Å². The highest BCUT2D eigenvalue weighted by molar-refractivity contribution is 7.99. The highest BCUT2D eigenvalue weighted by Gasteiger charge is 2.02. The van der Waals surface area contributed by atoms with Crippen LogP contribution in [-0.4, -0.2) is 10.2 Å². The van der Waals surface area contributed by atoms with Crippen LogP contribution in [0.5, 0.6) is 0 Å². The maximum atomic E-state index is 5.72. The predicted molar refractivity (Wildman–Crippen MR) is 57.8 cm³/mol. The minimum Gasteiger partial charge on any atom is -0.324 e. The molecule has 0 bridgehead atoms. The van der Waals surface area contributed by atoms with E-state index < -0.39 is 0 Å². The maximum absolute atomic E-state index is 5.72. The number of thioether (sulfide) groups is 1. The smallest absolute Gasteiger partial charge is 0.0962 e. The van der Waals surface area contributed by atoms with Crippen LogP contribution < -0.4 is 5.73 Å². The molecule has 0 aromatic carbocycles. The zero-order valence-electron chi connectivity index (χ0n) is 8.32. The van der Waals surface area contributed by atoms with Gasteiger partial charge in [-0.25, -0.2) is 4.98 Å². The number of pyridine rings is 1. The lowest BCUT2D eigenvalue weighted by atomic mass is 10.2. The average Bonchev–Trinajstić information content (AvgIpc) is 2.04. The number of hydrogen-bond acceptors (Lipinski definition) is 3. The molecule has 1 rings (SSSR count). The van der Waals surface area contributed by atoms with Crippen molar-refractivity contribution < 1.29 is 0 Å². The number of nitrogens with two attached hydrogens (primary N) is 1. The van der Waals surface area contributed by atoms with E-state index in [1.54, 1.807) is 11.8 Å². The predicted octanol–water partition coefficient (Wildman–Crippen LogP) is 2.60. The minimum absolute atomic E-state index is 0.0746. The quantitative estimate of drug-likeness (QED) is 0.755. The first kappa shape index (κ1) is 10.5. The Bertz CT molecular complexity index is 254. The number of aromatic nitrogens is 1. The van der Waals surface area contributed by atoms with Gasteiger partial charge in [-0.1, -0.05) is 19.9 Å². The molecule has 1 aromatic heterocycles. The standard InChI is InChI=1S/C10H16N2S/c1-7(2)13-10-5-4-9(6-12-10)8(3)11/h4-8H,11H2,1-3H3/t8-/m1/s1. The van der Waals surface area contributed by atoms with E-state index >= 15 is 0 Å². The summed E-state index contributed by atoms with van der Waals surface area (Å²) in [4.78, 5) is 4.32. The normalized spacial score (nSPS) is 13.3. The molecule has 0 saturated heterocycles. The lowest BCUT2D eigenvalue weighted by Gasteiger charge is -2.07. The van der Waals surface area contributed by atoms with E-state index in [1.165, 1.54) is 0 Å². The number of hydrogen-bond donors (Lipinski definition) is 1. The van der Waals surface area contributed by atoms with Crippen LogP contribution in [0.2, 0.25) is 0 Å². The van der Waals surface area contributed by atoms with Crippen molar-refractivity contribution in [2.75, 3.05) is 0 Å². The van der Waals surface area contributed by atoms with Gasteiger partial charge < -0.3 is 5.73 Å². The van der Waals surface area contributed by atoms with Crippen molar-refractivity contribution in [2.45, 2.75) is 37.1 Å². The lowest BCUT2D eigenvalue weighted by Crippen LogP contribution is -2.05. The Balaban J connectivity index is 2.70. The molecule has 72 valence electrons. The number of rotatable bonds is 3.